The van der Waals surface area contributed by atoms with Crippen molar-refractivity contribution in [1.29, 1.82) is 0 Å². The van der Waals surface area contributed by atoms with E-state index in [2.05, 4.69) is 0 Å². The molecule has 0 aliphatic carbocycles. The van der Waals surface area contributed by atoms with Gasteiger partial charge < -0.3 is 9.47 Å². The molecule has 0 N–H and O–H groups in total. The summed E-state index contributed by atoms with van der Waals surface area (Å²) >= 11 is 0. The van der Waals surface area contributed by atoms with E-state index in [4.69, 9.17) is 9.47 Å². The molecule has 0 aliphatic rings. The van der Waals surface area contributed by atoms with Gasteiger partial charge in [-0.1, -0.05) is 19.9 Å². The molecular formula is C14H24O2. The number of ether oxygens (including phenoxy) is 2. The van der Waals surface area contributed by atoms with E-state index in [1.807, 2.05) is 59.7 Å². The Labute approximate surface area is 99.6 Å². The number of hydrogen-bond acceptors (Lipinski definition) is 2. The second-order valence-electron chi connectivity index (χ2n) is 3.55. The molecule has 0 fully saturated rings. The Balaban J connectivity index is 0.00000106. The quantitative estimate of drug-likeness (QED) is 0.762. The van der Waals surface area contributed by atoms with Gasteiger partial charge in [0, 0.05) is 0 Å². The largest absolute Gasteiger partial charge is 0.490 e. The summed E-state index contributed by atoms with van der Waals surface area (Å²) in [5.41, 5.74) is 1.18. The fourth-order valence-electron chi connectivity index (χ4n) is 1.23. The van der Waals surface area contributed by atoms with Gasteiger partial charge in [0.25, 0.3) is 0 Å². The highest BCUT2D eigenvalue weighted by atomic mass is 16.5. The van der Waals surface area contributed by atoms with Crippen LogP contribution >= 0.6 is 0 Å². The van der Waals surface area contributed by atoms with Gasteiger partial charge in [-0.25, -0.2) is 0 Å². The molecule has 92 valence electrons. The third kappa shape index (κ3) is 5.06. The van der Waals surface area contributed by atoms with Gasteiger partial charge in [0.2, 0.25) is 0 Å². The first-order valence-corrected chi connectivity index (χ1v) is 6.03. The monoisotopic (exact) mass is 224 g/mol. The molecule has 0 amide bonds. The minimum absolute atomic E-state index is 0.178. The van der Waals surface area contributed by atoms with Crippen molar-refractivity contribution in [3.8, 4) is 11.5 Å². The van der Waals surface area contributed by atoms with E-state index >= 15 is 0 Å². The van der Waals surface area contributed by atoms with Crippen molar-refractivity contribution in [2.75, 3.05) is 6.61 Å². The van der Waals surface area contributed by atoms with E-state index in [-0.39, 0.29) is 6.10 Å². The molecule has 0 aromatic heterocycles. The molecule has 0 aliphatic heterocycles. The summed E-state index contributed by atoms with van der Waals surface area (Å²) in [7, 11) is 0. The SMILES string of the molecule is CC.CCOc1cc(C)ccc1OC(C)C. The van der Waals surface area contributed by atoms with Gasteiger partial charge in [-0.2, -0.15) is 0 Å². The molecule has 0 unspecified atom stereocenters. The average molecular weight is 224 g/mol. The molecule has 1 rings (SSSR count). The molecule has 1 aromatic carbocycles. The minimum atomic E-state index is 0.178. The van der Waals surface area contributed by atoms with Crippen LogP contribution in [0.1, 0.15) is 40.2 Å². The second kappa shape index (κ2) is 8.03. The smallest absolute Gasteiger partial charge is 0.161 e. The number of hydrogen-bond donors (Lipinski definition) is 0. The van der Waals surface area contributed by atoms with Crippen molar-refractivity contribution >= 4 is 0 Å². The van der Waals surface area contributed by atoms with Crippen LogP contribution in [0.3, 0.4) is 0 Å². The van der Waals surface area contributed by atoms with Crippen LogP contribution in [0.2, 0.25) is 0 Å². The number of benzene rings is 1. The summed E-state index contributed by atoms with van der Waals surface area (Å²) in [6, 6.07) is 5.99. The third-order valence-corrected chi connectivity index (χ3v) is 1.76. The van der Waals surface area contributed by atoms with Crippen LogP contribution < -0.4 is 9.47 Å². The Kier molecular flexibility index (Phi) is 7.44. The van der Waals surface area contributed by atoms with Gasteiger partial charge in [-0.15, -0.1) is 0 Å². The van der Waals surface area contributed by atoms with Crippen LogP contribution in [0, 0.1) is 6.92 Å². The summed E-state index contributed by atoms with van der Waals surface area (Å²) in [4.78, 5) is 0. The summed E-state index contributed by atoms with van der Waals surface area (Å²) in [5, 5.41) is 0. The lowest BCUT2D eigenvalue weighted by molar-refractivity contribution is 0.224. The van der Waals surface area contributed by atoms with Gasteiger partial charge in [-0.3, -0.25) is 0 Å². The maximum absolute atomic E-state index is 5.63. The van der Waals surface area contributed by atoms with E-state index in [0.717, 1.165) is 11.5 Å². The first-order valence-electron chi connectivity index (χ1n) is 6.03. The lowest BCUT2D eigenvalue weighted by Crippen LogP contribution is -2.07. The van der Waals surface area contributed by atoms with Crippen LogP contribution in [0.4, 0.5) is 0 Å². The first-order chi connectivity index (χ1) is 7.63. The van der Waals surface area contributed by atoms with Gasteiger partial charge >= 0.3 is 0 Å². The minimum Gasteiger partial charge on any atom is -0.490 e. The predicted molar refractivity (Wildman–Crippen MR) is 69.5 cm³/mol. The lowest BCUT2D eigenvalue weighted by Gasteiger charge is -2.14. The van der Waals surface area contributed by atoms with Crippen LogP contribution in [-0.4, -0.2) is 12.7 Å². The van der Waals surface area contributed by atoms with E-state index in [1.54, 1.807) is 0 Å². The highest BCUT2D eigenvalue weighted by Crippen LogP contribution is 2.28. The van der Waals surface area contributed by atoms with Crippen LogP contribution in [0.25, 0.3) is 0 Å². The Morgan fingerprint density at radius 3 is 2.25 bits per heavy atom. The van der Waals surface area contributed by atoms with E-state index in [1.165, 1.54) is 5.56 Å². The fraction of sp³-hybridized carbons (Fsp3) is 0.571. The number of rotatable bonds is 4. The molecule has 0 saturated carbocycles. The zero-order valence-corrected chi connectivity index (χ0v) is 11.3. The van der Waals surface area contributed by atoms with Crippen LogP contribution in [0.15, 0.2) is 18.2 Å². The van der Waals surface area contributed by atoms with Gasteiger partial charge in [0.05, 0.1) is 12.7 Å². The van der Waals surface area contributed by atoms with Crippen molar-refractivity contribution in [3.63, 3.8) is 0 Å². The Bertz CT molecular complexity index is 293. The standard InChI is InChI=1S/C12H18O2.C2H6/c1-5-13-12-8-10(4)6-7-11(12)14-9(2)3;1-2/h6-9H,5H2,1-4H3;1-2H3. The highest BCUT2D eigenvalue weighted by molar-refractivity contribution is 5.42. The Morgan fingerprint density at radius 2 is 1.75 bits per heavy atom. The number of aryl methyl sites for hydroxylation is 1. The highest BCUT2D eigenvalue weighted by Gasteiger charge is 2.06. The topological polar surface area (TPSA) is 18.5 Å². The van der Waals surface area contributed by atoms with E-state index in [0.29, 0.717) is 6.61 Å². The van der Waals surface area contributed by atoms with Crippen molar-refractivity contribution in [1.82, 2.24) is 0 Å². The molecule has 0 heterocycles. The van der Waals surface area contributed by atoms with Crippen molar-refractivity contribution in [2.45, 2.75) is 47.6 Å². The molecule has 0 bridgehead atoms. The van der Waals surface area contributed by atoms with Gasteiger partial charge in [-0.05, 0) is 45.4 Å². The fourth-order valence-corrected chi connectivity index (χ4v) is 1.23. The van der Waals surface area contributed by atoms with Gasteiger partial charge in [0.1, 0.15) is 0 Å². The Morgan fingerprint density at radius 1 is 1.12 bits per heavy atom. The molecule has 0 radical (unpaired) electrons. The van der Waals surface area contributed by atoms with Crippen molar-refractivity contribution in [2.24, 2.45) is 0 Å². The molecule has 2 nitrogen and oxygen atoms in total. The molecule has 0 saturated heterocycles. The molecule has 0 spiro atoms. The van der Waals surface area contributed by atoms with Crippen LogP contribution in [0.5, 0.6) is 11.5 Å². The van der Waals surface area contributed by atoms with E-state index in [9.17, 15) is 0 Å². The third-order valence-electron chi connectivity index (χ3n) is 1.76. The molecule has 2 heteroatoms. The summed E-state index contributed by atoms with van der Waals surface area (Å²) in [5.74, 6) is 1.66. The predicted octanol–water partition coefficient (Wildman–Crippen LogP) is 4.21. The van der Waals surface area contributed by atoms with Crippen molar-refractivity contribution < 1.29 is 9.47 Å². The molecular weight excluding hydrogens is 200 g/mol. The first kappa shape index (κ1) is 14.8. The van der Waals surface area contributed by atoms with Crippen LogP contribution in [-0.2, 0) is 0 Å². The Hall–Kier alpha value is -1.18. The normalized spacial score (nSPS) is 9.44. The maximum atomic E-state index is 5.63. The zero-order chi connectivity index (χ0) is 12.6. The second-order valence-corrected chi connectivity index (χ2v) is 3.55. The lowest BCUT2D eigenvalue weighted by atomic mass is 10.2. The maximum Gasteiger partial charge on any atom is 0.161 e. The van der Waals surface area contributed by atoms with Crippen molar-refractivity contribution in [3.05, 3.63) is 23.8 Å². The summed E-state index contributed by atoms with van der Waals surface area (Å²) < 4.78 is 11.1. The summed E-state index contributed by atoms with van der Waals surface area (Å²) in [6.07, 6.45) is 0.178. The summed E-state index contributed by atoms with van der Waals surface area (Å²) in [6.45, 7) is 12.7. The zero-order valence-electron chi connectivity index (χ0n) is 11.3. The molecule has 16 heavy (non-hydrogen) atoms. The molecule has 0 atom stereocenters. The molecule has 1 aromatic rings. The average Bonchev–Trinajstić information content (AvgIpc) is 2.25. The van der Waals surface area contributed by atoms with Gasteiger partial charge in [0.15, 0.2) is 11.5 Å². The van der Waals surface area contributed by atoms with E-state index < -0.39 is 0 Å².